The average Bonchev–Trinajstić information content (AvgIpc) is 3.20. The highest BCUT2D eigenvalue weighted by atomic mass is 32.2. The van der Waals surface area contributed by atoms with E-state index in [0.29, 0.717) is 11.8 Å². The Balaban J connectivity index is 1.60. The highest BCUT2D eigenvalue weighted by molar-refractivity contribution is 7.99. The zero-order valence-electron chi connectivity index (χ0n) is 13.7. The Morgan fingerprint density at radius 2 is 1.96 bits per heavy atom. The first kappa shape index (κ1) is 14.7. The molecule has 0 unspecified atom stereocenters. The fraction of sp³-hybridized carbons (Fsp3) is 0.222. The van der Waals surface area contributed by atoms with Gasteiger partial charge in [0.05, 0.1) is 11.9 Å². The van der Waals surface area contributed by atoms with Crippen molar-refractivity contribution in [1.29, 1.82) is 0 Å². The van der Waals surface area contributed by atoms with Crippen molar-refractivity contribution in [2.75, 3.05) is 0 Å². The molecule has 1 saturated carbocycles. The molecule has 25 heavy (non-hydrogen) atoms. The van der Waals surface area contributed by atoms with E-state index in [1.807, 2.05) is 25.3 Å². The Labute approximate surface area is 149 Å². The van der Waals surface area contributed by atoms with Gasteiger partial charge >= 0.3 is 0 Å². The molecule has 0 atom stereocenters. The van der Waals surface area contributed by atoms with Crippen LogP contribution in [0, 0.1) is 6.92 Å². The van der Waals surface area contributed by atoms with Gasteiger partial charge in [0.15, 0.2) is 5.16 Å². The van der Waals surface area contributed by atoms with Crippen LogP contribution in [0.4, 0.5) is 0 Å². The number of fused-ring (bicyclic) bond motifs is 1. The van der Waals surface area contributed by atoms with Crippen molar-refractivity contribution in [3.05, 3.63) is 54.6 Å². The van der Waals surface area contributed by atoms with Gasteiger partial charge in [-0.05, 0) is 43.2 Å². The number of hydrogen-bond donors (Lipinski definition) is 0. The summed E-state index contributed by atoms with van der Waals surface area (Å²) in [6.07, 6.45) is 5.92. The Bertz CT molecular complexity index is 1050. The van der Waals surface area contributed by atoms with Crippen LogP contribution >= 0.6 is 11.8 Å². The fourth-order valence-corrected chi connectivity index (χ4v) is 4.07. The first-order valence-electron chi connectivity index (χ1n) is 8.27. The van der Waals surface area contributed by atoms with E-state index in [1.165, 1.54) is 30.4 Å². The minimum Gasteiger partial charge on any atom is -0.316 e. The molecule has 0 saturated heterocycles. The second-order valence-electron chi connectivity index (χ2n) is 6.20. The van der Waals surface area contributed by atoms with Gasteiger partial charge in [-0.2, -0.15) is 14.6 Å². The minimum atomic E-state index is 0.536. The number of aromatic nitrogens is 6. The summed E-state index contributed by atoms with van der Waals surface area (Å²) in [6.45, 7) is 1.97. The summed E-state index contributed by atoms with van der Waals surface area (Å²) in [7, 11) is 0. The van der Waals surface area contributed by atoms with E-state index >= 15 is 0 Å². The maximum atomic E-state index is 4.71. The molecular weight excluding hydrogens is 332 g/mol. The van der Waals surface area contributed by atoms with E-state index in [4.69, 9.17) is 4.98 Å². The third-order valence-corrected chi connectivity index (χ3v) is 5.27. The van der Waals surface area contributed by atoms with Crippen molar-refractivity contribution < 1.29 is 0 Å². The van der Waals surface area contributed by atoms with Crippen molar-refractivity contribution in [3.8, 4) is 11.3 Å². The zero-order chi connectivity index (χ0) is 16.8. The lowest BCUT2D eigenvalue weighted by Gasteiger charge is -2.11. The van der Waals surface area contributed by atoms with Gasteiger partial charge < -0.3 is 4.57 Å². The molecule has 0 aliphatic heterocycles. The lowest BCUT2D eigenvalue weighted by Crippen LogP contribution is -2.01. The smallest absolute Gasteiger partial charge is 0.253 e. The minimum absolute atomic E-state index is 0.536. The standard InChI is InChI=1S/C18H16N6S/c1-12-9-16(24-17(22-12)20-11-21-24)25-18-19-10-15(23(18)14-7-8-14)13-5-3-2-4-6-13/h2-6,9-11,14H,7-8H2,1H3. The largest absolute Gasteiger partial charge is 0.316 e. The van der Waals surface area contributed by atoms with E-state index in [0.717, 1.165) is 15.9 Å². The van der Waals surface area contributed by atoms with Gasteiger partial charge in [0.25, 0.3) is 5.78 Å². The van der Waals surface area contributed by atoms with E-state index in [1.54, 1.807) is 16.3 Å². The molecule has 1 aliphatic carbocycles. The topological polar surface area (TPSA) is 60.9 Å². The van der Waals surface area contributed by atoms with Crippen molar-refractivity contribution in [3.63, 3.8) is 0 Å². The van der Waals surface area contributed by atoms with Gasteiger partial charge in [0.2, 0.25) is 0 Å². The molecule has 4 aromatic rings. The highest BCUT2D eigenvalue weighted by Crippen LogP contribution is 2.43. The van der Waals surface area contributed by atoms with Crippen molar-refractivity contribution in [1.82, 2.24) is 29.1 Å². The second kappa shape index (κ2) is 5.70. The van der Waals surface area contributed by atoms with Gasteiger partial charge in [0.1, 0.15) is 11.4 Å². The predicted molar refractivity (Wildman–Crippen MR) is 95.6 cm³/mol. The molecule has 1 aromatic carbocycles. The number of aryl methyl sites for hydroxylation is 1. The summed E-state index contributed by atoms with van der Waals surface area (Å²) in [6, 6.07) is 13.0. The van der Waals surface area contributed by atoms with Crippen LogP contribution in [0.25, 0.3) is 17.0 Å². The van der Waals surface area contributed by atoms with Crippen molar-refractivity contribution in [2.45, 2.75) is 36.0 Å². The summed E-state index contributed by atoms with van der Waals surface area (Å²) in [4.78, 5) is 13.3. The van der Waals surface area contributed by atoms with Crippen LogP contribution in [0.3, 0.4) is 0 Å². The molecule has 0 amide bonds. The van der Waals surface area contributed by atoms with Gasteiger partial charge in [-0.25, -0.2) is 9.97 Å². The normalized spacial score (nSPS) is 14.3. The van der Waals surface area contributed by atoms with E-state index < -0.39 is 0 Å². The van der Waals surface area contributed by atoms with Crippen LogP contribution in [0.1, 0.15) is 24.6 Å². The van der Waals surface area contributed by atoms with Crippen LogP contribution in [-0.4, -0.2) is 29.1 Å². The maximum Gasteiger partial charge on any atom is 0.253 e. The molecule has 5 rings (SSSR count). The Morgan fingerprint density at radius 3 is 2.76 bits per heavy atom. The zero-order valence-corrected chi connectivity index (χ0v) is 14.5. The van der Waals surface area contributed by atoms with Gasteiger partial charge in [-0.15, -0.1) is 0 Å². The molecular formula is C18H16N6S. The molecule has 6 nitrogen and oxygen atoms in total. The number of benzene rings is 1. The molecule has 1 aliphatic rings. The number of hydrogen-bond acceptors (Lipinski definition) is 5. The Hall–Kier alpha value is -2.67. The lowest BCUT2D eigenvalue weighted by atomic mass is 10.2. The molecule has 0 spiro atoms. The van der Waals surface area contributed by atoms with E-state index in [2.05, 4.69) is 43.9 Å². The molecule has 3 heterocycles. The number of imidazole rings is 1. The SMILES string of the molecule is Cc1cc(Sc2ncc(-c3ccccc3)n2C2CC2)n2ncnc2n1. The molecule has 0 bridgehead atoms. The third kappa shape index (κ3) is 2.60. The van der Waals surface area contributed by atoms with E-state index in [9.17, 15) is 0 Å². The Morgan fingerprint density at radius 1 is 1.12 bits per heavy atom. The number of rotatable bonds is 4. The van der Waals surface area contributed by atoms with Gasteiger partial charge in [-0.3, -0.25) is 0 Å². The Kier molecular flexibility index (Phi) is 3.34. The third-order valence-electron chi connectivity index (χ3n) is 4.29. The fourth-order valence-electron chi connectivity index (χ4n) is 2.99. The quantitative estimate of drug-likeness (QED) is 0.525. The van der Waals surface area contributed by atoms with Crippen molar-refractivity contribution in [2.24, 2.45) is 0 Å². The van der Waals surface area contributed by atoms with Gasteiger partial charge in [0, 0.05) is 11.7 Å². The van der Waals surface area contributed by atoms with Crippen LogP contribution < -0.4 is 0 Å². The summed E-state index contributed by atoms with van der Waals surface area (Å²) < 4.78 is 4.13. The highest BCUT2D eigenvalue weighted by Gasteiger charge is 2.29. The monoisotopic (exact) mass is 348 g/mol. The predicted octanol–water partition coefficient (Wildman–Crippen LogP) is 3.78. The lowest BCUT2D eigenvalue weighted by molar-refractivity contribution is 0.667. The van der Waals surface area contributed by atoms with Gasteiger partial charge in [-0.1, -0.05) is 30.3 Å². The molecule has 0 N–H and O–H groups in total. The van der Waals surface area contributed by atoms with E-state index in [-0.39, 0.29) is 0 Å². The maximum absolute atomic E-state index is 4.71. The molecule has 7 heteroatoms. The van der Waals surface area contributed by atoms with Crippen LogP contribution in [0.5, 0.6) is 0 Å². The average molecular weight is 348 g/mol. The van der Waals surface area contributed by atoms with Crippen molar-refractivity contribution >= 4 is 17.5 Å². The molecule has 124 valence electrons. The van der Waals surface area contributed by atoms with Crippen LogP contribution in [-0.2, 0) is 0 Å². The number of nitrogens with zero attached hydrogens (tertiary/aromatic N) is 6. The molecule has 1 fully saturated rings. The summed E-state index contributed by atoms with van der Waals surface area (Å²) in [5.41, 5.74) is 3.30. The van der Waals surface area contributed by atoms with Crippen LogP contribution in [0.2, 0.25) is 0 Å². The summed E-state index contributed by atoms with van der Waals surface area (Å²) >= 11 is 1.62. The molecule has 3 aromatic heterocycles. The van der Waals surface area contributed by atoms with Crippen LogP contribution in [0.15, 0.2) is 59.1 Å². The molecule has 0 radical (unpaired) electrons. The first-order chi connectivity index (χ1) is 12.3. The summed E-state index contributed by atoms with van der Waals surface area (Å²) in [5, 5.41) is 6.26. The summed E-state index contributed by atoms with van der Waals surface area (Å²) in [5.74, 6) is 0.621. The first-order valence-corrected chi connectivity index (χ1v) is 9.09. The second-order valence-corrected chi connectivity index (χ2v) is 7.19.